The summed E-state index contributed by atoms with van der Waals surface area (Å²) in [5.41, 5.74) is 3.36. The average Bonchev–Trinajstić information content (AvgIpc) is 2.30. The fourth-order valence-corrected chi connectivity index (χ4v) is 1.45. The summed E-state index contributed by atoms with van der Waals surface area (Å²) in [7, 11) is 0. The molecule has 2 aromatic heterocycles. The monoisotopic (exact) mass is 200 g/mol. The first kappa shape index (κ1) is 9.84. The Labute approximate surface area is 91.5 Å². The zero-order chi connectivity index (χ0) is 10.7. The minimum Gasteiger partial charge on any atom is -0.264 e. The highest BCUT2D eigenvalue weighted by Gasteiger charge is 2.01. The standard InChI is InChI=1S/C13H14N2.H2/c1-10(2)13-6-5-12(9-15-13)11-4-3-7-14-8-11;/h3-10H,1-2H3;1H. The summed E-state index contributed by atoms with van der Waals surface area (Å²) in [6.07, 6.45) is 5.54. The summed E-state index contributed by atoms with van der Waals surface area (Å²) < 4.78 is 0. The number of hydrogen-bond donors (Lipinski definition) is 0. The second kappa shape index (κ2) is 4.22. The summed E-state index contributed by atoms with van der Waals surface area (Å²) >= 11 is 0. The lowest BCUT2D eigenvalue weighted by atomic mass is 10.1. The van der Waals surface area contributed by atoms with E-state index in [0.717, 1.165) is 16.8 Å². The smallest absolute Gasteiger partial charge is 0.0429 e. The Kier molecular flexibility index (Phi) is 2.77. The number of hydrogen-bond acceptors (Lipinski definition) is 2. The molecule has 0 amide bonds. The van der Waals surface area contributed by atoms with Gasteiger partial charge < -0.3 is 0 Å². The second-order valence-electron chi connectivity index (χ2n) is 3.87. The van der Waals surface area contributed by atoms with Crippen LogP contribution in [0.25, 0.3) is 11.1 Å². The Balaban J connectivity index is 0.00000128. The first-order chi connectivity index (χ1) is 7.27. The van der Waals surface area contributed by atoms with Gasteiger partial charge in [-0.2, -0.15) is 0 Å². The quantitative estimate of drug-likeness (QED) is 0.741. The van der Waals surface area contributed by atoms with Crippen LogP contribution in [0, 0.1) is 0 Å². The van der Waals surface area contributed by atoms with Gasteiger partial charge in [-0.3, -0.25) is 9.97 Å². The molecule has 0 aliphatic heterocycles. The third-order valence-corrected chi connectivity index (χ3v) is 2.37. The van der Waals surface area contributed by atoms with Crippen LogP contribution < -0.4 is 0 Å². The van der Waals surface area contributed by atoms with E-state index in [1.165, 1.54) is 0 Å². The van der Waals surface area contributed by atoms with E-state index >= 15 is 0 Å². The molecule has 2 heteroatoms. The molecule has 0 bridgehead atoms. The maximum absolute atomic E-state index is 4.43. The first-order valence-corrected chi connectivity index (χ1v) is 5.13. The van der Waals surface area contributed by atoms with Crippen molar-refractivity contribution in [1.29, 1.82) is 0 Å². The minimum atomic E-state index is 0. The van der Waals surface area contributed by atoms with Crippen molar-refractivity contribution in [2.24, 2.45) is 0 Å². The highest BCUT2D eigenvalue weighted by Crippen LogP contribution is 2.19. The summed E-state index contributed by atoms with van der Waals surface area (Å²) in [6, 6.07) is 8.15. The Hall–Kier alpha value is -1.70. The van der Waals surface area contributed by atoms with Crippen LogP contribution in [0.5, 0.6) is 0 Å². The lowest BCUT2D eigenvalue weighted by molar-refractivity contribution is 0.823. The number of nitrogens with zero attached hydrogens (tertiary/aromatic N) is 2. The van der Waals surface area contributed by atoms with Crippen LogP contribution in [0.15, 0.2) is 42.9 Å². The maximum Gasteiger partial charge on any atom is 0.0429 e. The fraction of sp³-hybridized carbons (Fsp3) is 0.231. The Morgan fingerprint density at radius 2 is 1.87 bits per heavy atom. The first-order valence-electron chi connectivity index (χ1n) is 5.13. The van der Waals surface area contributed by atoms with Crippen LogP contribution in [0.2, 0.25) is 0 Å². The molecule has 2 nitrogen and oxygen atoms in total. The van der Waals surface area contributed by atoms with E-state index in [1.807, 2.05) is 24.5 Å². The molecule has 2 rings (SSSR count). The number of pyridine rings is 2. The van der Waals surface area contributed by atoms with Crippen LogP contribution in [-0.4, -0.2) is 9.97 Å². The molecule has 0 fully saturated rings. The van der Waals surface area contributed by atoms with E-state index in [-0.39, 0.29) is 1.43 Å². The molecule has 0 atom stereocenters. The molecule has 2 heterocycles. The van der Waals surface area contributed by atoms with Gasteiger partial charge >= 0.3 is 0 Å². The van der Waals surface area contributed by atoms with Gasteiger partial charge in [0, 0.05) is 36.8 Å². The largest absolute Gasteiger partial charge is 0.264 e. The molecule has 0 saturated carbocycles. The van der Waals surface area contributed by atoms with Gasteiger partial charge in [0.05, 0.1) is 0 Å². The summed E-state index contributed by atoms with van der Waals surface area (Å²) in [6.45, 7) is 4.29. The van der Waals surface area contributed by atoms with Gasteiger partial charge in [-0.15, -0.1) is 0 Å². The van der Waals surface area contributed by atoms with Gasteiger partial charge in [-0.1, -0.05) is 26.0 Å². The molecule has 0 aromatic carbocycles. The van der Waals surface area contributed by atoms with E-state index in [4.69, 9.17) is 0 Å². The van der Waals surface area contributed by atoms with E-state index in [9.17, 15) is 0 Å². The normalized spacial score (nSPS) is 10.6. The zero-order valence-electron chi connectivity index (χ0n) is 9.01. The van der Waals surface area contributed by atoms with Crippen molar-refractivity contribution in [3.05, 3.63) is 48.5 Å². The van der Waals surface area contributed by atoms with Crippen molar-refractivity contribution in [2.75, 3.05) is 0 Å². The highest BCUT2D eigenvalue weighted by atomic mass is 14.7. The van der Waals surface area contributed by atoms with Crippen molar-refractivity contribution in [1.82, 2.24) is 9.97 Å². The van der Waals surface area contributed by atoms with Crippen molar-refractivity contribution >= 4 is 0 Å². The molecule has 0 aliphatic rings. The van der Waals surface area contributed by atoms with Gasteiger partial charge in [0.25, 0.3) is 0 Å². The molecular weight excluding hydrogens is 184 g/mol. The lowest BCUT2D eigenvalue weighted by Gasteiger charge is -2.05. The van der Waals surface area contributed by atoms with Crippen molar-refractivity contribution in [2.45, 2.75) is 19.8 Å². The summed E-state index contributed by atoms with van der Waals surface area (Å²) in [5, 5.41) is 0. The zero-order valence-corrected chi connectivity index (χ0v) is 9.01. The van der Waals surface area contributed by atoms with Crippen LogP contribution in [0.1, 0.15) is 26.9 Å². The predicted molar refractivity (Wildman–Crippen MR) is 63.7 cm³/mol. The maximum atomic E-state index is 4.43. The molecule has 0 saturated heterocycles. The molecule has 2 aromatic rings. The third-order valence-electron chi connectivity index (χ3n) is 2.37. The van der Waals surface area contributed by atoms with Crippen LogP contribution in [-0.2, 0) is 0 Å². The fourth-order valence-electron chi connectivity index (χ4n) is 1.45. The average molecular weight is 200 g/mol. The second-order valence-corrected chi connectivity index (χ2v) is 3.87. The summed E-state index contributed by atoms with van der Waals surface area (Å²) in [4.78, 5) is 8.52. The van der Waals surface area contributed by atoms with E-state index < -0.39 is 0 Å². The van der Waals surface area contributed by atoms with Crippen LogP contribution >= 0.6 is 0 Å². The number of rotatable bonds is 2. The Morgan fingerprint density at radius 1 is 1.07 bits per heavy atom. The Morgan fingerprint density at radius 3 is 2.40 bits per heavy atom. The van der Waals surface area contributed by atoms with E-state index in [2.05, 4.69) is 35.9 Å². The minimum absolute atomic E-state index is 0. The Bertz CT molecular complexity index is 423. The molecule has 78 valence electrons. The molecule has 0 spiro atoms. The lowest BCUT2D eigenvalue weighted by Crippen LogP contribution is -1.91. The van der Waals surface area contributed by atoms with Gasteiger partial charge in [0.2, 0.25) is 0 Å². The number of aromatic nitrogens is 2. The molecule has 0 N–H and O–H groups in total. The predicted octanol–water partition coefficient (Wildman–Crippen LogP) is 3.51. The third kappa shape index (κ3) is 2.21. The van der Waals surface area contributed by atoms with Crippen molar-refractivity contribution in [3.8, 4) is 11.1 Å². The highest BCUT2D eigenvalue weighted by molar-refractivity contribution is 5.61. The molecule has 0 unspecified atom stereocenters. The van der Waals surface area contributed by atoms with Gasteiger partial charge in [0.15, 0.2) is 0 Å². The van der Waals surface area contributed by atoms with Crippen LogP contribution in [0.4, 0.5) is 0 Å². The van der Waals surface area contributed by atoms with Crippen molar-refractivity contribution < 1.29 is 1.43 Å². The summed E-state index contributed by atoms with van der Waals surface area (Å²) in [5.74, 6) is 0.480. The van der Waals surface area contributed by atoms with Gasteiger partial charge in [-0.25, -0.2) is 0 Å². The molecule has 0 aliphatic carbocycles. The van der Waals surface area contributed by atoms with Crippen LogP contribution in [0.3, 0.4) is 0 Å². The molecule has 15 heavy (non-hydrogen) atoms. The van der Waals surface area contributed by atoms with Crippen molar-refractivity contribution in [3.63, 3.8) is 0 Å². The van der Waals surface area contributed by atoms with E-state index in [1.54, 1.807) is 6.20 Å². The van der Waals surface area contributed by atoms with E-state index in [0.29, 0.717) is 5.92 Å². The molecular formula is C13H16N2. The van der Waals surface area contributed by atoms with Gasteiger partial charge in [-0.05, 0) is 18.1 Å². The SMILES string of the molecule is CC(C)c1ccc(-c2cccnc2)cn1.[HH]. The molecule has 0 radical (unpaired) electrons. The van der Waals surface area contributed by atoms with Gasteiger partial charge in [0.1, 0.15) is 0 Å². The topological polar surface area (TPSA) is 25.8 Å².